The van der Waals surface area contributed by atoms with Crippen LogP contribution in [-0.4, -0.2) is 46.0 Å². The fourth-order valence-corrected chi connectivity index (χ4v) is 3.06. The summed E-state index contributed by atoms with van der Waals surface area (Å²) in [5.41, 5.74) is 5.84. The molecule has 0 unspecified atom stereocenters. The first kappa shape index (κ1) is 17.6. The average molecular weight is 397 g/mol. The number of hydrogen-bond donors (Lipinski definition) is 3. The van der Waals surface area contributed by atoms with Gasteiger partial charge < -0.3 is 10.3 Å². The van der Waals surface area contributed by atoms with Crippen LogP contribution >= 0.6 is 0 Å². The van der Waals surface area contributed by atoms with Crippen molar-refractivity contribution in [1.82, 2.24) is 45.4 Å². The number of aromatic amines is 2. The molecule has 30 heavy (non-hydrogen) atoms. The Bertz CT molecular complexity index is 1310. The molecule has 5 heterocycles. The molecule has 0 bridgehead atoms. The number of amides is 1. The molecule has 5 rings (SSSR count). The molecule has 0 fully saturated rings. The highest BCUT2D eigenvalue weighted by molar-refractivity contribution is 5.92. The van der Waals surface area contributed by atoms with Crippen molar-refractivity contribution in [3.8, 4) is 22.4 Å². The van der Waals surface area contributed by atoms with E-state index in [1.54, 1.807) is 31.0 Å². The molecule has 0 aliphatic rings. The Morgan fingerprint density at radius 3 is 2.77 bits per heavy atom. The zero-order valence-electron chi connectivity index (χ0n) is 15.6. The van der Waals surface area contributed by atoms with E-state index in [9.17, 15) is 4.79 Å². The molecule has 10 nitrogen and oxygen atoms in total. The normalized spacial score (nSPS) is 10.9. The Hall–Kier alpha value is -4.47. The Labute approximate surface area is 169 Å². The monoisotopic (exact) mass is 397 g/mol. The molecule has 0 saturated carbocycles. The second-order valence-corrected chi connectivity index (χ2v) is 6.50. The lowest BCUT2D eigenvalue weighted by molar-refractivity contribution is 0.0945. The number of nitrogens with zero attached hydrogens (tertiary/aromatic N) is 6. The lowest BCUT2D eigenvalue weighted by Crippen LogP contribution is -2.23. The van der Waals surface area contributed by atoms with Gasteiger partial charge in [0, 0.05) is 60.4 Å². The molecule has 3 N–H and O–H groups in total. The Balaban J connectivity index is 1.42. The summed E-state index contributed by atoms with van der Waals surface area (Å²) in [5.74, 6) is -0.295. The molecule has 0 saturated heterocycles. The van der Waals surface area contributed by atoms with Crippen molar-refractivity contribution in [2.45, 2.75) is 6.54 Å². The average Bonchev–Trinajstić information content (AvgIpc) is 3.48. The number of carbonyl (C=O) groups is 1. The van der Waals surface area contributed by atoms with Gasteiger partial charge in [0.05, 0.1) is 24.3 Å². The van der Waals surface area contributed by atoms with Crippen LogP contribution in [0.4, 0.5) is 0 Å². The molecule has 0 atom stereocenters. The lowest BCUT2D eigenvalue weighted by atomic mass is 10.1. The predicted molar refractivity (Wildman–Crippen MR) is 108 cm³/mol. The SMILES string of the molecule is O=C(NCc1cncc(-c2c[nH]c3ncc(-c4cn[nH]c4)nc23)c1)c1cnccn1. The zero-order valence-corrected chi connectivity index (χ0v) is 15.6. The largest absolute Gasteiger partial charge is 0.347 e. The van der Waals surface area contributed by atoms with Gasteiger partial charge >= 0.3 is 0 Å². The quantitative estimate of drug-likeness (QED) is 0.413. The van der Waals surface area contributed by atoms with Gasteiger partial charge in [-0.25, -0.2) is 15.0 Å². The minimum atomic E-state index is -0.295. The van der Waals surface area contributed by atoms with Crippen molar-refractivity contribution >= 4 is 17.1 Å². The fraction of sp³-hybridized carbons (Fsp3) is 0.0500. The summed E-state index contributed by atoms with van der Waals surface area (Å²) in [6, 6.07) is 1.96. The molecule has 0 radical (unpaired) electrons. The number of pyridine rings is 1. The summed E-state index contributed by atoms with van der Waals surface area (Å²) < 4.78 is 0. The third-order valence-corrected chi connectivity index (χ3v) is 4.53. The minimum Gasteiger partial charge on any atom is -0.347 e. The molecule has 0 spiro atoms. The van der Waals surface area contributed by atoms with Gasteiger partial charge in [0.2, 0.25) is 0 Å². The molecule has 1 amide bonds. The molecule has 10 heteroatoms. The van der Waals surface area contributed by atoms with Gasteiger partial charge in [-0.15, -0.1) is 0 Å². The standard InChI is InChI=1S/C20H15N9O/c30-20(17-10-21-1-2-23-17)26-5-12-3-13(6-22-4-12)15-9-24-19-18(15)29-16(11-25-19)14-7-27-28-8-14/h1-4,6-11H,5H2,(H,24,25)(H,26,30)(H,27,28). The van der Waals surface area contributed by atoms with Crippen molar-refractivity contribution < 1.29 is 4.79 Å². The van der Waals surface area contributed by atoms with E-state index in [0.29, 0.717) is 12.2 Å². The molecule has 146 valence electrons. The highest BCUT2D eigenvalue weighted by atomic mass is 16.1. The maximum atomic E-state index is 12.2. The maximum absolute atomic E-state index is 12.2. The molecular formula is C20H15N9O. The van der Waals surface area contributed by atoms with Crippen molar-refractivity contribution in [3.05, 3.63) is 73.1 Å². The van der Waals surface area contributed by atoms with E-state index >= 15 is 0 Å². The Morgan fingerprint density at radius 1 is 0.967 bits per heavy atom. The summed E-state index contributed by atoms with van der Waals surface area (Å²) in [6.45, 7) is 0.310. The van der Waals surface area contributed by atoms with Gasteiger partial charge in [-0.1, -0.05) is 0 Å². The van der Waals surface area contributed by atoms with E-state index < -0.39 is 0 Å². The zero-order chi connectivity index (χ0) is 20.3. The maximum Gasteiger partial charge on any atom is 0.271 e. The van der Waals surface area contributed by atoms with Gasteiger partial charge in [-0.2, -0.15) is 5.10 Å². The van der Waals surface area contributed by atoms with Gasteiger partial charge in [0.1, 0.15) is 11.2 Å². The summed E-state index contributed by atoms with van der Waals surface area (Å²) in [5, 5.41) is 9.57. The summed E-state index contributed by atoms with van der Waals surface area (Å²) in [4.78, 5) is 36.7. The Kier molecular flexibility index (Phi) is 4.41. The topological polar surface area (TPSA) is 138 Å². The van der Waals surface area contributed by atoms with E-state index in [1.165, 1.54) is 18.6 Å². The van der Waals surface area contributed by atoms with E-state index in [0.717, 1.165) is 33.5 Å². The van der Waals surface area contributed by atoms with Crippen LogP contribution in [0, 0.1) is 0 Å². The van der Waals surface area contributed by atoms with E-state index in [4.69, 9.17) is 4.98 Å². The minimum absolute atomic E-state index is 0.264. The van der Waals surface area contributed by atoms with Gasteiger partial charge in [-0.3, -0.25) is 19.9 Å². The second kappa shape index (κ2) is 7.51. The third kappa shape index (κ3) is 3.37. The predicted octanol–water partition coefficient (Wildman–Crippen LogP) is 2.13. The van der Waals surface area contributed by atoms with Crippen LogP contribution in [0.1, 0.15) is 16.1 Å². The van der Waals surface area contributed by atoms with Crippen LogP contribution in [0.25, 0.3) is 33.5 Å². The molecule has 5 aromatic heterocycles. The van der Waals surface area contributed by atoms with Crippen molar-refractivity contribution in [3.63, 3.8) is 0 Å². The number of fused-ring (bicyclic) bond motifs is 1. The first-order valence-corrected chi connectivity index (χ1v) is 9.10. The van der Waals surface area contributed by atoms with Crippen LogP contribution < -0.4 is 5.32 Å². The molecule has 0 aliphatic heterocycles. The van der Waals surface area contributed by atoms with Crippen molar-refractivity contribution in [2.75, 3.05) is 0 Å². The number of nitrogens with one attached hydrogen (secondary N) is 3. The van der Waals surface area contributed by atoms with Crippen molar-refractivity contribution in [2.24, 2.45) is 0 Å². The van der Waals surface area contributed by atoms with Crippen LogP contribution in [0.15, 0.2) is 61.8 Å². The number of carbonyl (C=O) groups excluding carboxylic acids is 1. The number of hydrogen-bond acceptors (Lipinski definition) is 7. The van der Waals surface area contributed by atoms with Crippen LogP contribution in [0.2, 0.25) is 0 Å². The number of aromatic nitrogens is 8. The number of H-pyrrole nitrogens is 2. The molecule has 0 aromatic carbocycles. The fourth-order valence-electron chi connectivity index (χ4n) is 3.06. The first-order valence-electron chi connectivity index (χ1n) is 9.10. The van der Waals surface area contributed by atoms with Gasteiger partial charge in [0.25, 0.3) is 5.91 Å². The van der Waals surface area contributed by atoms with Crippen LogP contribution in [-0.2, 0) is 6.54 Å². The third-order valence-electron chi connectivity index (χ3n) is 4.53. The van der Waals surface area contributed by atoms with Crippen molar-refractivity contribution in [1.29, 1.82) is 0 Å². The first-order chi connectivity index (χ1) is 14.8. The lowest BCUT2D eigenvalue weighted by Gasteiger charge is -2.06. The summed E-state index contributed by atoms with van der Waals surface area (Å²) in [7, 11) is 0. The Morgan fingerprint density at radius 2 is 1.93 bits per heavy atom. The molecule has 5 aromatic rings. The second-order valence-electron chi connectivity index (χ2n) is 6.50. The van der Waals surface area contributed by atoms with Gasteiger partial charge in [0.15, 0.2) is 5.65 Å². The highest BCUT2D eigenvalue weighted by Crippen LogP contribution is 2.28. The van der Waals surface area contributed by atoms with Gasteiger partial charge in [-0.05, 0) is 11.6 Å². The number of rotatable bonds is 5. The summed E-state index contributed by atoms with van der Waals surface area (Å²) >= 11 is 0. The van der Waals surface area contributed by atoms with E-state index in [2.05, 4.69) is 40.4 Å². The van der Waals surface area contributed by atoms with E-state index in [-0.39, 0.29) is 11.6 Å². The molecule has 0 aliphatic carbocycles. The molecular weight excluding hydrogens is 382 g/mol. The van der Waals surface area contributed by atoms with Crippen LogP contribution in [0.5, 0.6) is 0 Å². The summed E-state index contributed by atoms with van der Waals surface area (Å²) in [6.07, 6.45) is 14.9. The van der Waals surface area contributed by atoms with E-state index in [1.807, 2.05) is 12.3 Å². The highest BCUT2D eigenvalue weighted by Gasteiger charge is 2.13. The van der Waals surface area contributed by atoms with Crippen LogP contribution in [0.3, 0.4) is 0 Å². The smallest absolute Gasteiger partial charge is 0.271 e.